The summed E-state index contributed by atoms with van der Waals surface area (Å²) in [6.07, 6.45) is 1.88. The van der Waals surface area contributed by atoms with E-state index < -0.39 is 5.82 Å². The van der Waals surface area contributed by atoms with Gasteiger partial charge in [0.25, 0.3) is 0 Å². The lowest BCUT2D eigenvalue weighted by Gasteiger charge is -2.12. The predicted octanol–water partition coefficient (Wildman–Crippen LogP) is 3.34. The molecule has 3 aromatic rings. The quantitative estimate of drug-likeness (QED) is 0.548. The average molecular weight is 439 g/mol. The van der Waals surface area contributed by atoms with Crippen LogP contribution in [0.2, 0.25) is 0 Å². The smallest absolute Gasteiger partial charge is 0.200 e. The summed E-state index contributed by atoms with van der Waals surface area (Å²) in [5.74, 6) is -1.26. The summed E-state index contributed by atoms with van der Waals surface area (Å²) in [5, 5.41) is 20.0. The Morgan fingerprint density at radius 2 is 1.69 bits per heavy atom. The molecule has 0 fully saturated rings. The number of aryl methyl sites for hydroxylation is 1. The summed E-state index contributed by atoms with van der Waals surface area (Å²) in [6.45, 7) is 0.443. The van der Waals surface area contributed by atoms with Gasteiger partial charge in [0.15, 0.2) is 23.1 Å². The number of Topliss-reactive ketones (excluding diaryl/α,β-unsaturated/α-hetero) is 2. The molecule has 0 spiro atoms. The molecular weight excluding hydrogens is 417 g/mol. The number of ketones is 2. The van der Waals surface area contributed by atoms with Gasteiger partial charge in [-0.15, -0.1) is 0 Å². The first-order valence-corrected chi connectivity index (χ1v) is 10.0. The van der Waals surface area contributed by atoms with Gasteiger partial charge in [-0.2, -0.15) is 0 Å². The van der Waals surface area contributed by atoms with Crippen LogP contribution in [0.15, 0.2) is 36.5 Å². The van der Waals surface area contributed by atoms with E-state index in [1.807, 2.05) is 4.57 Å². The molecule has 0 saturated heterocycles. The Morgan fingerprint density at radius 1 is 1.03 bits per heavy atom. The maximum atomic E-state index is 14.1. The van der Waals surface area contributed by atoms with Gasteiger partial charge in [-0.25, -0.2) is 4.39 Å². The number of phenols is 1. The van der Waals surface area contributed by atoms with Crippen molar-refractivity contribution in [2.45, 2.75) is 19.4 Å². The predicted molar refractivity (Wildman–Crippen MR) is 116 cm³/mol. The second-order valence-electron chi connectivity index (χ2n) is 7.48. The van der Waals surface area contributed by atoms with Crippen LogP contribution < -0.4 is 9.47 Å². The van der Waals surface area contributed by atoms with Crippen LogP contribution >= 0.6 is 0 Å². The first-order chi connectivity index (χ1) is 15.4. The van der Waals surface area contributed by atoms with E-state index >= 15 is 0 Å². The van der Waals surface area contributed by atoms with Crippen LogP contribution in [-0.4, -0.2) is 47.2 Å². The van der Waals surface area contributed by atoms with Crippen molar-refractivity contribution in [3.8, 4) is 17.2 Å². The molecule has 166 valence electrons. The number of hydrogen-bond acceptors (Lipinski definition) is 6. The molecular formula is C24H22FNO6. The highest BCUT2D eigenvalue weighted by Gasteiger charge is 2.35. The monoisotopic (exact) mass is 439 g/mol. The van der Waals surface area contributed by atoms with Gasteiger partial charge < -0.3 is 24.3 Å². The van der Waals surface area contributed by atoms with Crippen LogP contribution in [-0.2, 0) is 16.1 Å². The zero-order chi connectivity index (χ0) is 23.0. The molecule has 0 saturated carbocycles. The number of carbonyl (C=O) groups excluding carboxylic acids is 2. The number of hydrogen-bond donors (Lipinski definition) is 2. The normalized spacial score (nSPS) is 14.0. The topological polar surface area (TPSA) is 98.0 Å². The minimum atomic E-state index is -0.467. The number of aliphatic hydroxyl groups excluding tert-OH is 1. The summed E-state index contributed by atoms with van der Waals surface area (Å²) in [4.78, 5) is 25.9. The molecule has 2 aromatic carbocycles. The lowest BCUT2D eigenvalue weighted by Crippen LogP contribution is -1.99. The molecule has 4 rings (SSSR count). The molecule has 0 radical (unpaired) electrons. The van der Waals surface area contributed by atoms with Crippen molar-refractivity contribution in [2.24, 2.45) is 0 Å². The lowest BCUT2D eigenvalue weighted by atomic mass is 9.95. The number of nitrogens with zero attached hydrogens (tertiary/aromatic N) is 1. The van der Waals surface area contributed by atoms with E-state index in [-0.39, 0.29) is 53.0 Å². The number of fused-ring (bicyclic) bond motifs is 1. The number of methoxy groups -OCH3 is 2. The number of halogens is 1. The van der Waals surface area contributed by atoms with Crippen molar-refractivity contribution >= 4 is 33.6 Å². The number of ether oxygens (including phenoxy) is 2. The second kappa shape index (κ2) is 8.47. The van der Waals surface area contributed by atoms with Gasteiger partial charge in [0.2, 0.25) is 5.75 Å². The van der Waals surface area contributed by atoms with E-state index in [1.165, 1.54) is 38.5 Å². The minimum absolute atomic E-state index is 0.0192. The zero-order valence-electron chi connectivity index (χ0n) is 17.6. The molecule has 1 aromatic heterocycles. The van der Waals surface area contributed by atoms with Crippen molar-refractivity contribution in [3.63, 3.8) is 0 Å². The van der Waals surface area contributed by atoms with Gasteiger partial charge >= 0.3 is 0 Å². The van der Waals surface area contributed by atoms with E-state index in [0.29, 0.717) is 35.0 Å². The molecule has 1 heterocycles. The Labute approximate surface area is 183 Å². The Hall–Kier alpha value is -3.65. The van der Waals surface area contributed by atoms with Crippen molar-refractivity contribution in [2.75, 3.05) is 20.8 Å². The van der Waals surface area contributed by atoms with E-state index in [4.69, 9.17) is 9.47 Å². The van der Waals surface area contributed by atoms with Gasteiger partial charge in [-0.1, -0.05) is 0 Å². The number of rotatable bonds is 7. The number of aliphatic hydroxyl groups is 1. The summed E-state index contributed by atoms with van der Waals surface area (Å²) < 4.78 is 26.4. The van der Waals surface area contributed by atoms with Gasteiger partial charge in [0, 0.05) is 47.0 Å². The van der Waals surface area contributed by atoms with Gasteiger partial charge in [0.1, 0.15) is 5.82 Å². The van der Waals surface area contributed by atoms with Crippen LogP contribution in [0.1, 0.15) is 24.0 Å². The maximum Gasteiger partial charge on any atom is 0.200 e. The molecule has 1 aliphatic rings. The molecule has 8 heteroatoms. The Bertz CT molecular complexity index is 1250. The average Bonchev–Trinajstić information content (AvgIpc) is 3.27. The molecule has 0 atom stereocenters. The molecule has 0 aliphatic heterocycles. The number of aromatic nitrogens is 1. The van der Waals surface area contributed by atoms with Crippen LogP contribution in [0, 0.1) is 5.82 Å². The summed E-state index contributed by atoms with van der Waals surface area (Å²) in [7, 11) is 2.74. The fraction of sp³-hybridized carbons (Fsp3) is 0.250. The van der Waals surface area contributed by atoms with Crippen molar-refractivity contribution in [1.29, 1.82) is 0 Å². The minimum Gasteiger partial charge on any atom is -0.502 e. The maximum absolute atomic E-state index is 14.1. The van der Waals surface area contributed by atoms with E-state index in [9.17, 15) is 24.2 Å². The second-order valence-corrected chi connectivity index (χ2v) is 7.48. The third-order valence-electron chi connectivity index (χ3n) is 5.57. The lowest BCUT2D eigenvalue weighted by molar-refractivity contribution is -0.119. The Morgan fingerprint density at radius 3 is 2.31 bits per heavy atom. The van der Waals surface area contributed by atoms with Crippen LogP contribution in [0.5, 0.6) is 17.2 Å². The third kappa shape index (κ3) is 3.52. The Balaban J connectivity index is 2.01. The number of carbonyl (C=O) groups is 2. The van der Waals surface area contributed by atoms with Crippen LogP contribution in [0.25, 0.3) is 22.0 Å². The highest BCUT2D eigenvalue weighted by atomic mass is 19.1. The van der Waals surface area contributed by atoms with Gasteiger partial charge in [0.05, 0.1) is 20.6 Å². The molecule has 0 bridgehead atoms. The molecule has 0 unspecified atom stereocenters. The van der Waals surface area contributed by atoms with Gasteiger partial charge in [-0.05, 0) is 42.3 Å². The van der Waals surface area contributed by atoms with E-state index in [1.54, 1.807) is 12.3 Å². The van der Waals surface area contributed by atoms with Crippen molar-refractivity contribution < 1.29 is 33.7 Å². The number of allylic oxidation sites excluding steroid dienone is 2. The number of aromatic hydroxyl groups is 1. The first kappa shape index (κ1) is 21.6. The van der Waals surface area contributed by atoms with E-state index in [0.717, 1.165) is 0 Å². The molecule has 0 amide bonds. The summed E-state index contributed by atoms with van der Waals surface area (Å²) in [5.41, 5.74) is 1.83. The van der Waals surface area contributed by atoms with Crippen LogP contribution in [0.4, 0.5) is 4.39 Å². The molecule has 7 nitrogen and oxygen atoms in total. The zero-order valence-corrected chi connectivity index (χ0v) is 17.6. The Kier molecular flexibility index (Phi) is 5.71. The summed E-state index contributed by atoms with van der Waals surface area (Å²) in [6, 6.07) is 7.21. The number of phenolic OH excluding ortho intramolecular Hbond substituents is 1. The highest BCUT2D eigenvalue weighted by molar-refractivity contribution is 6.51. The van der Waals surface area contributed by atoms with Crippen molar-refractivity contribution in [3.05, 3.63) is 53.5 Å². The van der Waals surface area contributed by atoms with Crippen LogP contribution in [0.3, 0.4) is 0 Å². The standard InChI is InChI=1S/C24H22FNO6/c1-31-20-8-13(9-21(32-2)24(20)30)22-18(28)11-19(29)23(22)16-12-26(6-3-7-27)17-5-4-14(25)10-15(16)17/h4-5,8-10,12,27,30H,3,6-7,11H2,1-2H3. The fourth-order valence-electron chi connectivity index (χ4n) is 4.12. The molecule has 2 N–H and O–H groups in total. The van der Waals surface area contributed by atoms with Gasteiger partial charge in [-0.3, -0.25) is 9.59 Å². The molecule has 1 aliphatic carbocycles. The third-order valence-corrected chi connectivity index (χ3v) is 5.57. The van der Waals surface area contributed by atoms with Crippen molar-refractivity contribution in [1.82, 2.24) is 4.57 Å². The largest absolute Gasteiger partial charge is 0.502 e. The van der Waals surface area contributed by atoms with E-state index in [2.05, 4.69) is 0 Å². The fourth-order valence-corrected chi connectivity index (χ4v) is 4.12. The highest BCUT2D eigenvalue weighted by Crippen LogP contribution is 2.44. The first-order valence-electron chi connectivity index (χ1n) is 10.0. The number of benzene rings is 2. The SMILES string of the molecule is COc1cc(C2=C(c3cn(CCCO)c4ccc(F)cc34)C(=O)CC2=O)cc(OC)c1O. The summed E-state index contributed by atoms with van der Waals surface area (Å²) >= 11 is 0. The molecule has 32 heavy (non-hydrogen) atoms.